The second-order valence-corrected chi connectivity index (χ2v) is 16.0. The van der Waals surface area contributed by atoms with Gasteiger partial charge in [0.25, 0.3) is 0 Å². The largest absolute Gasteiger partial charge is 0.309 e. The van der Waals surface area contributed by atoms with Crippen LogP contribution in [0, 0.1) is 0 Å². The second-order valence-electron chi connectivity index (χ2n) is 14.9. The van der Waals surface area contributed by atoms with E-state index in [1.807, 2.05) is 11.3 Å². The van der Waals surface area contributed by atoms with Crippen LogP contribution in [-0.4, -0.2) is 9.13 Å². The average Bonchev–Trinajstić information content (AvgIpc) is 3.94. The van der Waals surface area contributed by atoms with Gasteiger partial charge < -0.3 is 9.13 Å². The molecule has 3 heterocycles. The molecule has 266 valence electrons. The van der Waals surface area contributed by atoms with Crippen LogP contribution in [0.4, 0.5) is 0 Å². The lowest BCUT2D eigenvalue weighted by atomic mass is 9.98. The van der Waals surface area contributed by atoms with Crippen molar-refractivity contribution in [3.63, 3.8) is 0 Å². The number of benzene rings is 9. The molecule has 0 radical (unpaired) electrons. The SMILES string of the molecule is c1ccc(-c2ccc(-c3cc(-n4c5ccccc5c5ccc(-c6ccc7c8ccccc8n(-c8ccccc8)c7c6)cc54)cc4c3sc3ccccc34)cc2)cc1. The van der Waals surface area contributed by atoms with E-state index in [0.29, 0.717) is 0 Å². The molecule has 0 aliphatic rings. The summed E-state index contributed by atoms with van der Waals surface area (Å²) in [7, 11) is 0. The molecule has 0 aliphatic carbocycles. The normalized spacial score (nSPS) is 11.9. The molecule has 0 unspecified atom stereocenters. The predicted molar refractivity (Wildman–Crippen MR) is 244 cm³/mol. The van der Waals surface area contributed by atoms with Gasteiger partial charge in [-0.15, -0.1) is 11.3 Å². The van der Waals surface area contributed by atoms with Gasteiger partial charge in [-0.3, -0.25) is 0 Å². The van der Waals surface area contributed by atoms with Crippen LogP contribution in [0.25, 0.3) is 109 Å². The van der Waals surface area contributed by atoms with Crippen molar-refractivity contribution >= 4 is 75.1 Å². The molecule has 0 N–H and O–H groups in total. The van der Waals surface area contributed by atoms with Crippen LogP contribution < -0.4 is 0 Å². The quantitative estimate of drug-likeness (QED) is 0.166. The topological polar surface area (TPSA) is 9.86 Å². The van der Waals surface area contributed by atoms with Crippen molar-refractivity contribution in [2.45, 2.75) is 0 Å². The smallest absolute Gasteiger partial charge is 0.0547 e. The van der Waals surface area contributed by atoms with Crippen LogP contribution in [0.3, 0.4) is 0 Å². The molecule has 0 fully saturated rings. The van der Waals surface area contributed by atoms with E-state index in [1.54, 1.807) is 0 Å². The monoisotopic (exact) mass is 742 g/mol. The molecule has 0 bridgehead atoms. The van der Waals surface area contributed by atoms with Crippen LogP contribution in [-0.2, 0) is 0 Å². The standard InChI is InChI=1S/C54H34N2S/c1-3-13-35(14-4-1)36-23-25-37(26-24-36)47-33-41(34-48-46-19-9-12-22-53(46)57-54(47)48)56-50-21-11-8-18-43(50)45-30-28-39(32-52(45)56)38-27-29-44-42-17-7-10-20-49(42)55(51(44)31-38)40-15-5-2-6-16-40/h1-34H. The Hall–Kier alpha value is -7.20. The summed E-state index contributed by atoms with van der Waals surface area (Å²) in [4.78, 5) is 0. The van der Waals surface area contributed by atoms with Gasteiger partial charge >= 0.3 is 0 Å². The summed E-state index contributed by atoms with van der Waals surface area (Å²) < 4.78 is 7.51. The molecule has 3 aromatic heterocycles. The number of hydrogen-bond donors (Lipinski definition) is 0. The number of hydrogen-bond acceptors (Lipinski definition) is 1. The third-order valence-electron chi connectivity index (χ3n) is 11.7. The Morgan fingerprint density at radius 2 is 0.754 bits per heavy atom. The highest BCUT2D eigenvalue weighted by atomic mass is 32.1. The van der Waals surface area contributed by atoms with Gasteiger partial charge in [-0.05, 0) is 82.4 Å². The maximum Gasteiger partial charge on any atom is 0.0547 e. The lowest BCUT2D eigenvalue weighted by molar-refractivity contribution is 1.18. The average molecular weight is 743 g/mol. The summed E-state index contributed by atoms with van der Waals surface area (Å²) >= 11 is 1.89. The fourth-order valence-electron chi connectivity index (χ4n) is 9.06. The number of thiophene rings is 1. The van der Waals surface area contributed by atoms with Crippen molar-refractivity contribution in [3.05, 3.63) is 206 Å². The molecule has 12 aromatic rings. The van der Waals surface area contributed by atoms with Crippen molar-refractivity contribution < 1.29 is 0 Å². The highest BCUT2D eigenvalue weighted by molar-refractivity contribution is 7.26. The zero-order chi connectivity index (χ0) is 37.5. The summed E-state index contributed by atoms with van der Waals surface area (Å²) in [5, 5.41) is 7.61. The van der Waals surface area contributed by atoms with Crippen molar-refractivity contribution in [3.8, 4) is 44.8 Å². The Balaban J connectivity index is 1.09. The number of rotatable bonds is 5. The van der Waals surface area contributed by atoms with Gasteiger partial charge in [0.1, 0.15) is 0 Å². The van der Waals surface area contributed by atoms with Crippen LogP contribution in [0.1, 0.15) is 0 Å². The first-order valence-corrected chi connectivity index (χ1v) is 20.3. The molecule has 57 heavy (non-hydrogen) atoms. The molecule has 2 nitrogen and oxygen atoms in total. The summed E-state index contributed by atoms with van der Waals surface area (Å²) in [5.74, 6) is 0. The Kier molecular flexibility index (Phi) is 7.13. The first kappa shape index (κ1) is 32.1. The fourth-order valence-corrected chi connectivity index (χ4v) is 10.3. The van der Waals surface area contributed by atoms with Crippen molar-refractivity contribution in [1.82, 2.24) is 9.13 Å². The summed E-state index contributed by atoms with van der Waals surface area (Å²) in [6, 6.07) is 75.7. The Labute approximate surface area is 333 Å². The Morgan fingerprint density at radius 1 is 0.281 bits per heavy atom. The van der Waals surface area contributed by atoms with Crippen molar-refractivity contribution in [1.29, 1.82) is 0 Å². The zero-order valence-electron chi connectivity index (χ0n) is 30.9. The predicted octanol–water partition coefficient (Wildman–Crippen LogP) is 15.2. The van der Waals surface area contributed by atoms with Crippen LogP contribution >= 0.6 is 11.3 Å². The molecular weight excluding hydrogens is 709 g/mol. The van der Waals surface area contributed by atoms with E-state index in [2.05, 4.69) is 215 Å². The van der Waals surface area contributed by atoms with E-state index in [-0.39, 0.29) is 0 Å². The molecule has 0 saturated heterocycles. The van der Waals surface area contributed by atoms with Gasteiger partial charge in [-0.1, -0.05) is 152 Å². The Morgan fingerprint density at radius 3 is 1.40 bits per heavy atom. The minimum absolute atomic E-state index is 1.16. The third-order valence-corrected chi connectivity index (χ3v) is 12.9. The van der Waals surface area contributed by atoms with E-state index < -0.39 is 0 Å². The van der Waals surface area contributed by atoms with E-state index in [0.717, 1.165) is 5.69 Å². The molecule has 0 saturated carbocycles. The first-order valence-electron chi connectivity index (χ1n) is 19.5. The van der Waals surface area contributed by atoms with Gasteiger partial charge in [0, 0.05) is 58.7 Å². The maximum absolute atomic E-state index is 2.49. The highest BCUT2D eigenvalue weighted by Crippen LogP contribution is 2.44. The lowest BCUT2D eigenvalue weighted by Gasteiger charge is -2.13. The van der Waals surface area contributed by atoms with E-state index in [9.17, 15) is 0 Å². The summed E-state index contributed by atoms with van der Waals surface area (Å²) in [6.45, 7) is 0. The number of nitrogens with zero attached hydrogens (tertiary/aromatic N) is 2. The third kappa shape index (κ3) is 5.03. The van der Waals surface area contributed by atoms with Gasteiger partial charge in [0.2, 0.25) is 0 Å². The molecule has 9 aromatic carbocycles. The number of aromatic nitrogens is 2. The van der Waals surface area contributed by atoms with Gasteiger partial charge in [-0.25, -0.2) is 0 Å². The maximum atomic E-state index is 2.49. The van der Waals surface area contributed by atoms with Crippen LogP contribution in [0.2, 0.25) is 0 Å². The van der Waals surface area contributed by atoms with Gasteiger partial charge in [0.15, 0.2) is 0 Å². The summed E-state index contributed by atoms with van der Waals surface area (Å²) in [6.07, 6.45) is 0. The molecule has 0 atom stereocenters. The molecular formula is C54H34N2S. The zero-order valence-corrected chi connectivity index (χ0v) is 31.7. The molecule has 3 heteroatoms. The van der Waals surface area contributed by atoms with Crippen molar-refractivity contribution in [2.24, 2.45) is 0 Å². The van der Waals surface area contributed by atoms with Crippen LogP contribution in [0.5, 0.6) is 0 Å². The van der Waals surface area contributed by atoms with Crippen molar-refractivity contribution in [2.75, 3.05) is 0 Å². The fraction of sp³-hybridized carbons (Fsp3) is 0. The molecule has 12 rings (SSSR count). The molecule has 0 spiro atoms. The number of para-hydroxylation sites is 3. The first-order chi connectivity index (χ1) is 28.3. The van der Waals surface area contributed by atoms with Gasteiger partial charge in [0.05, 0.1) is 22.1 Å². The van der Waals surface area contributed by atoms with E-state index in [4.69, 9.17) is 0 Å². The minimum atomic E-state index is 1.16. The number of fused-ring (bicyclic) bond motifs is 9. The molecule has 0 amide bonds. The van der Waals surface area contributed by atoms with Crippen LogP contribution in [0.15, 0.2) is 206 Å². The summed E-state index contributed by atoms with van der Waals surface area (Å²) in [5.41, 5.74) is 14.5. The molecule has 0 aliphatic heterocycles. The second kappa shape index (κ2) is 12.7. The highest BCUT2D eigenvalue weighted by Gasteiger charge is 2.19. The van der Waals surface area contributed by atoms with E-state index >= 15 is 0 Å². The Bertz CT molecular complexity index is 3490. The minimum Gasteiger partial charge on any atom is -0.309 e. The lowest BCUT2D eigenvalue weighted by Crippen LogP contribution is -1.95. The van der Waals surface area contributed by atoms with E-state index in [1.165, 1.54) is 103 Å². The van der Waals surface area contributed by atoms with Gasteiger partial charge in [-0.2, -0.15) is 0 Å².